The highest BCUT2D eigenvalue weighted by molar-refractivity contribution is 7.14. The molecular weight excluding hydrogens is 388 g/mol. The first-order chi connectivity index (χ1) is 12.9. The van der Waals surface area contributed by atoms with E-state index in [1.807, 2.05) is 6.07 Å². The van der Waals surface area contributed by atoms with E-state index in [9.17, 15) is 9.59 Å². The Morgan fingerprint density at radius 1 is 1.30 bits per heavy atom. The number of nitriles is 1. The van der Waals surface area contributed by atoms with Crippen LogP contribution in [0.25, 0.3) is 0 Å². The van der Waals surface area contributed by atoms with Crippen molar-refractivity contribution < 1.29 is 14.3 Å². The van der Waals surface area contributed by atoms with Gasteiger partial charge in [0.25, 0.3) is 0 Å². The van der Waals surface area contributed by atoms with Crippen LogP contribution in [0.1, 0.15) is 12.0 Å². The zero-order chi connectivity index (χ0) is 19.8. The molecule has 0 atom stereocenters. The molecule has 0 aliphatic carbocycles. The molecule has 0 unspecified atom stereocenters. The first-order valence-corrected chi connectivity index (χ1v) is 9.28. The van der Waals surface area contributed by atoms with Crippen molar-refractivity contribution in [2.75, 3.05) is 37.9 Å². The molecule has 2 aromatic rings. The molecule has 7 nitrogen and oxygen atoms in total. The summed E-state index contributed by atoms with van der Waals surface area (Å²) in [6.07, 6.45) is 0.201. The van der Waals surface area contributed by atoms with E-state index < -0.39 is 0 Å². The quantitative estimate of drug-likeness (QED) is 0.702. The molecule has 142 valence electrons. The smallest absolute Gasteiger partial charge is 0.238 e. The van der Waals surface area contributed by atoms with Crippen molar-refractivity contribution in [3.63, 3.8) is 0 Å². The molecule has 0 radical (unpaired) electrons. The highest BCUT2D eigenvalue weighted by Crippen LogP contribution is 2.27. The molecule has 27 heavy (non-hydrogen) atoms. The lowest BCUT2D eigenvalue weighted by Crippen LogP contribution is -2.32. The van der Waals surface area contributed by atoms with Gasteiger partial charge in [-0.25, -0.2) is 0 Å². The minimum absolute atomic E-state index is 0.103. The van der Waals surface area contributed by atoms with Gasteiger partial charge in [0, 0.05) is 18.0 Å². The number of benzene rings is 1. The maximum absolute atomic E-state index is 12.2. The molecule has 9 heteroatoms. The van der Waals surface area contributed by atoms with E-state index in [0.717, 1.165) is 0 Å². The Balaban J connectivity index is 1.80. The molecule has 1 aromatic carbocycles. The fourth-order valence-electron chi connectivity index (χ4n) is 2.27. The van der Waals surface area contributed by atoms with Gasteiger partial charge in [0.05, 0.1) is 24.9 Å². The molecule has 2 amide bonds. The Labute approximate surface area is 166 Å². The van der Waals surface area contributed by atoms with E-state index in [4.69, 9.17) is 21.6 Å². The summed E-state index contributed by atoms with van der Waals surface area (Å²) < 4.78 is 5.19. The minimum atomic E-state index is -0.247. The average Bonchev–Trinajstić information content (AvgIpc) is 3.07. The number of hydrogen-bond donors (Lipinski definition) is 2. The lowest BCUT2D eigenvalue weighted by Gasteiger charge is -2.17. The Morgan fingerprint density at radius 2 is 2.07 bits per heavy atom. The van der Waals surface area contributed by atoms with E-state index in [1.165, 1.54) is 18.4 Å². The van der Waals surface area contributed by atoms with E-state index in [1.54, 1.807) is 41.6 Å². The number of hydrogen-bond acceptors (Lipinski definition) is 6. The van der Waals surface area contributed by atoms with Crippen molar-refractivity contribution in [1.29, 1.82) is 5.26 Å². The summed E-state index contributed by atoms with van der Waals surface area (Å²) in [4.78, 5) is 25.9. The fraction of sp³-hybridized carbons (Fsp3) is 0.278. The molecular formula is C18H19ClN4O3S. The molecule has 0 bridgehead atoms. The largest absolute Gasteiger partial charge is 0.495 e. The summed E-state index contributed by atoms with van der Waals surface area (Å²) in [6, 6.07) is 8.63. The third-order valence-electron chi connectivity index (χ3n) is 3.61. The van der Waals surface area contributed by atoms with Gasteiger partial charge in [0.1, 0.15) is 16.8 Å². The van der Waals surface area contributed by atoms with Gasteiger partial charge in [-0.1, -0.05) is 11.6 Å². The number of likely N-dealkylation sites (N-methyl/N-ethyl adjacent to an activating group) is 1. The van der Waals surface area contributed by atoms with Crippen LogP contribution in [-0.4, -0.2) is 44.0 Å². The molecule has 0 fully saturated rings. The summed E-state index contributed by atoms with van der Waals surface area (Å²) in [5, 5.41) is 17.2. The number of amides is 2. The van der Waals surface area contributed by atoms with Gasteiger partial charge in [0.15, 0.2) is 0 Å². The molecule has 0 saturated carbocycles. The number of nitrogens with zero attached hydrogens (tertiary/aromatic N) is 2. The third kappa shape index (κ3) is 6.25. The standard InChI is InChI=1S/C18H19ClN4O3S/c1-23(7-5-16(24)22-18-12(10-20)6-8-27-18)11-17(25)21-14-9-13(19)3-4-15(14)26-2/h3-4,6,8-9H,5,7,11H2,1-2H3,(H,21,25)(H,22,24). The van der Waals surface area contributed by atoms with Crippen molar-refractivity contribution in [1.82, 2.24) is 4.90 Å². The van der Waals surface area contributed by atoms with Crippen LogP contribution in [0.3, 0.4) is 0 Å². The summed E-state index contributed by atoms with van der Waals surface area (Å²) in [6.45, 7) is 0.491. The Morgan fingerprint density at radius 3 is 2.78 bits per heavy atom. The molecule has 0 spiro atoms. The number of thiophene rings is 1. The van der Waals surface area contributed by atoms with E-state index in [0.29, 0.717) is 33.6 Å². The third-order valence-corrected chi connectivity index (χ3v) is 4.67. The minimum Gasteiger partial charge on any atom is -0.495 e. The number of rotatable bonds is 8. The Hall–Kier alpha value is -2.60. The number of methoxy groups -OCH3 is 1. The normalized spacial score (nSPS) is 10.3. The van der Waals surface area contributed by atoms with E-state index >= 15 is 0 Å². The van der Waals surface area contributed by atoms with Gasteiger partial charge in [-0.15, -0.1) is 11.3 Å². The number of carbonyl (C=O) groups excluding carboxylic acids is 2. The summed E-state index contributed by atoms with van der Waals surface area (Å²) in [5.74, 6) is 0.0558. The highest BCUT2D eigenvalue weighted by Gasteiger charge is 2.13. The van der Waals surface area contributed by atoms with Crippen LogP contribution in [-0.2, 0) is 9.59 Å². The monoisotopic (exact) mass is 406 g/mol. The van der Waals surface area contributed by atoms with Crippen LogP contribution in [0, 0.1) is 11.3 Å². The van der Waals surface area contributed by atoms with Crippen molar-refractivity contribution in [2.45, 2.75) is 6.42 Å². The SMILES string of the molecule is COc1ccc(Cl)cc1NC(=O)CN(C)CCC(=O)Nc1sccc1C#N. The summed E-state index contributed by atoms with van der Waals surface area (Å²) >= 11 is 7.24. The topological polar surface area (TPSA) is 94.5 Å². The van der Waals surface area contributed by atoms with Crippen molar-refractivity contribution >= 4 is 45.4 Å². The molecule has 0 aliphatic rings. The van der Waals surface area contributed by atoms with Crippen LogP contribution in [0.15, 0.2) is 29.6 Å². The predicted octanol–water partition coefficient (Wildman–Crippen LogP) is 3.18. The van der Waals surface area contributed by atoms with Gasteiger partial charge < -0.3 is 15.4 Å². The number of ether oxygens (including phenoxy) is 1. The number of halogens is 1. The van der Waals surface area contributed by atoms with Crippen LogP contribution in [0.2, 0.25) is 5.02 Å². The molecule has 2 rings (SSSR count). The zero-order valence-corrected chi connectivity index (χ0v) is 16.5. The number of anilines is 2. The molecule has 1 heterocycles. The predicted molar refractivity (Wildman–Crippen MR) is 106 cm³/mol. The Kier molecular flexibility index (Phi) is 7.61. The highest BCUT2D eigenvalue weighted by atomic mass is 35.5. The maximum atomic E-state index is 12.2. The van der Waals surface area contributed by atoms with Crippen LogP contribution >= 0.6 is 22.9 Å². The van der Waals surface area contributed by atoms with Gasteiger partial charge in [-0.3, -0.25) is 14.5 Å². The second-order valence-corrected chi connectivity index (χ2v) is 7.06. The van der Waals surface area contributed by atoms with Crippen LogP contribution in [0.4, 0.5) is 10.7 Å². The van der Waals surface area contributed by atoms with Crippen molar-refractivity contribution in [3.05, 3.63) is 40.2 Å². The lowest BCUT2D eigenvalue weighted by molar-refractivity contribution is -0.119. The summed E-state index contributed by atoms with van der Waals surface area (Å²) in [7, 11) is 3.25. The second-order valence-electron chi connectivity index (χ2n) is 5.70. The van der Waals surface area contributed by atoms with E-state index in [2.05, 4.69) is 10.6 Å². The van der Waals surface area contributed by atoms with Gasteiger partial charge in [0.2, 0.25) is 11.8 Å². The molecule has 0 saturated heterocycles. The van der Waals surface area contributed by atoms with Gasteiger partial charge in [-0.2, -0.15) is 5.26 Å². The maximum Gasteiger partial charge on any atom is 0.238 e. The lowest BCUT2D eigenvalue weighted by atomic mass is 10.3. The number of nitrogens with one attached hydrogen (secondary N) is 2. The summed E-state index contributed by atoms with van der Waals surface area (Å²) in [5.41, 5.74) is 0.930. The van der Waals surface area contributed by atoms with Gasteiger partial charge in [-0.05, 0) is 36.7 Å². The number of carbonyl (C=O) groups is 2. The second kappa shape index (κ2) is 9.92. The van der Waals surface area contributed by atoms with Crippen molar-refractivity contribution in [3.8, 4) is 11.8 Å². The Bertz CT molecular complexity index is 863. The fourth-order valence-corrected chi connectivity index (χ4v) is 3.19. The first kappa shape index (κ1) is 20.7. The van der Waals surface area contributed by atoms with Crippen LogP contribution in [0.5, 0.6) is 5.75 Å². The first-order valence-electron chi connectivity index (χ1n) is 8.02. The molecule has 0 aliphatic heterocycles. The zero-order valence-electron chi connectivity index (χ0n) is 14.9. The average molecular weight is 407 g/mol. The van der Waals surface area contributed by atoms with E-state index in [-0.39, 0.29) is 24.8 Å². The van der Waals surface area contributed by atoms with Crippen molar-refractivity contribution in [2.24, 2.45) is 0 Å². The van der Waals surface area contributed by atoms with Crippen LogP contribution < -0.4 is 15.4 Å². The molecule has 1 aromatic heterocycles. The van der Waals surface area contributed by atoms with Gasteiger partial charge >= 0.3 is 0 Å². The molecule has 2 N–H and O–H groups in total.